The number of anilines is 1. The van der Waals surface area contributed by atoms with E-state index >= 15 is 0 Å². The van der Waals surface area contributed by atoms with E-state index in [4.69, 9.17) is 34.8 Å². The Morgan fingerprint density at radius 1 is 1.06 bits per heavy atom. The van der Waals surface area contributed by atoms with E-state index in [-0.39, 0.29) is 12.5 Å². The van der Waals surface area contributed by atoms with Gasteiger partial charge in [0, 0.05) is 18.1 Å². The molecule has 2 amide bonds. The number of hydrogen-bond donors (Lipinski definition) is 1. The molecule has 11 heteroatoms. The van der Waals surface area contributed by atoms with Gasteiger partial charge in [0.2, 0.25) is 21.8 Å². The summed E-state index contributed by atoms with van der Waals surface area (Å²) in [4.78, 5) is 27.7. The van der Waals surface area contributed by atoms with Gasteiger partial charge in [-0.05, 0) is 55.7 Å². The highest BCUT2D eigenvalue weighted by molar-refractivity contribution is 7.92. The summed E-state index contributed by atoms with van der Waals surface area (Å²) in [6.45, 7) is 5.29. The van der Waals surface area contributed by atoms with Crippen molar-refractivity contribution in [2.45, 2.75) is 46.2 Å². The van der Waals surface area contributed by atoms with Crippen molar-refractivity contribution in [1.82, 2.24) is 10.2 Å². The molecule has 7 nitrogen and oxygen atoms in total. The molecular formula is C24H30Cl3N3O4S. The molecule has 192 valence electrons. The topological polar surface area (TPSA) is 86.8 Å². The average molecular weight is 563 g/mol. The van der Waals surface area contributed by atoms with E-state index in [0.717, 1.165) is 23.4 Å². The van der Waals surface area contributed by atoms with Gasteiger partial charge >= 0.3 is 0 Å². The lowest BCUT2D eigenvalue weighted by Gasteiger charge is -2.32. The Hall–Kier alpha value is -2.00. The molecule has 0 aliphatic heterocycles. The van der Waals surface area contributed by atoms with Crippen LogP contribution in [0.4, 0.5) is 5.69 Å². The Labute approximate surface area is 222 Å². The van der Waals surface area contributed by atoms with Crippen LogP contribution in [0.15, 0.2) is 36.4 Å². The molecule has 0 bridgehead atoms. The molecule has 2 aromatic carbocycles. The van der Waals surface area contributed by atoms with E-state index in [0.29, 0.717) is 38.4 Å². The van der Waals surface area contributed by atoms with Gasteiger partial charge in [-0.1, -0.05) is 60.3 Å². The fourth-order valence-corrected chi connectivity index (χ4v) is 4.80. The number of unbranched alkanes of at least 4 members (excludes halogenated alkanes) is 1. The van der Waals surface area contributed by atoms with Crippen LogP contribution in [0.5, 0.6) is 0 Å². The fourth-order valence-electron chi connectivity index (χ4n) is 3.41. The first kappa shape index (κ1) is 29.2. The smallest absolute Gasteiger partial charge is 0.244 e. The van der Waals surface area contributed by atoms with Gasteiger partial charge in [-0.2, -0.15) is 0 Å². The fraction of sp³-hybridized carbons (Fsp3) is 0.417. The second kappa shape index (κ2) is 12.8. The number of rotatable bonds is 11. The number of amides is 2. The van der Waals surface area contributed by atoms with Crippen molar-refractivity contribution in [1.29, 1.82) is 0 Å². The molecule has 0 aliphatic carbocycles. The predicted octanol–water partition coefficient (Wildman–Crippen LogP) is 5.05. The first-order chi connectivity index (χ1) is 16.4. The SMILES string of the molecule is CCCCNC(=O)[C@H](C)N(Cc1ccc(Cl)c(Cl)c1)C(=O)CN(c1cccc(Cl)c1C)S(C)(=O)=O. The lowest BCUT2D eigenvalue weighted by Crippen LogP contribution is -2.51. The first-order valence-electron chi connectivity index (χ1n) is 11.1. The molecule has 0 saturated heterocycles. The van der Waals surface area contributed by atoms with Crippen LogP contribution in [0.1, 0.15) is 37.8 Å². The lowest BCUT2D eigenvalue weighted by molar-refractivity contribution is -0.139. The number of benzene rings is 2. The van der Waals surface area contributed by atoms with Crippen LogP contribution in [-0.2, 0) is 26.2 Å². The van der Waals surface area contributed by atoms with Crippen molar-refractivity contribution in [3.63, 3.8) is 0 Å². The second-order valence-corrected chi connectivity index (χ2v) is 11.4. The summed E-state index contributed by atoms with van der Waals surface area (Å²) >= 11 is 18.4. The van der Waals surface area contributed by atoms with Crippen molar-refractivity contribution in [2.24, 2.45) is 0 Å². The molecule has 35 heavy (non-hydrogen) atoms. The van der Waals surface area contributed by atoms with Crippen LogP contribution in [-0.4, -0.2) is 50.5 Å². The summed E-state index contributed by atoms with van der Waals surface area (Å²) in [5.74, 6) is -0.893. The minimum atomic E-state index is -3.85. The monoisotopic (exact) mass is 561 g/mol. The molecule has 1 N–H and O–H groups in total. The normalized spacial score (nSPS) is 12.2. The minimum Gasteiger partial charge on any atom is -0.354 e. The summed E-state index contributed by atoms with van der Waals surface area (Å²) in [6, 6.07) is 8.89. The summed E-state index contributed by atoms with van der Waals surface area (Å²) in [5, 5.41) is 3.87. The molecule has 0 fully saturated rings. The minimum absolute atomic E-state index is 0.0320. The first-order valence-corrected chi connectivity index (χ1v) is 14.1. The van der Waals surface area contributed by atoms with Gasteiger partial charge in [0.05, 0.1) is 22.0 Å². The van der Waals surface area contributed by atoms with E-state index < -0.39 is 28.5 Å². The number of carbonyl (C=O) groups is 2. The van der Waals surface area contributed by atoms with Gasteiger partial charge in [0.25, 0.3) is 0 Å². The molecule has 0 heterocycles. The van der Waals surface area contributed by atoms with Gasteiger partial charge in [-0.15, -0.1) is 0 Å². The Bertz CT molecular complexity index is 1170. The molecule has 2 aromatic rings. The Balaban J connectivity index is 2.42. The van der Waals surface area contributed by atoms with Crippen LogP contribution in [0.25, 0.3) is 0 Å². The van der Waals surface area contributed by atoms with Gasteiger partial charge in [-0.25, -0.2) is 8.42 Å². The highest BCUT2D eigenvalue weighted by Gasteiger charge is 2.30. The van der Waals surface area contributed by atoms with E-state index in [2.05, 4.69) is 5.32 Å². The molecule has 0 spiro atoms. The molecule has 0 aromatic heterocycles. The number of sulfonamides is 1. The van der Waals surface area contributed by atoms with Crippen molar-refractivity contribution in [3.05, 3.63) is 62.6 Å². The quantitative estimate of drug-likeness (QED) is 0.388. The van der Waals surface area contributed by atoms with Crippen LogP contribution < -0.4 is 9.62 Å². The molecule has 2 rings (SSSR count). The van der Waals surface area contributed by atoms with Crippen molar-refractivity contribution in [2.75, 3.05) is 23.7 Å². The van der Waals surface area contributed by atoms with Gasteiger partial charge < -0.3 is 10.2 Å². The maximum Gasteiger partial charge on any atom is 0.244 e. The van der Waals surface area contributed by atoms with E-state index in [1.54, 1.807) is 50.2 Å². The average Bonchev–Trinajstić information content (AvgIpc) is 2.79. The Morgan fingerprint density at radius 3 is 2.34 bits per heavy atom. The number of nitrogens with zero attached hydrogens (tertiary/aromatic N) is 2. The molecule has 0 aliphatic rings. The summed E-state index contributed by atoms with van der Waals surface area (Å²) in [7, 11) is -3.85. The lowest BCUT2D eigenvalue weighted by atomic mass is 10.1. The molecule has 0 radical (unpaired) electrons. The van der Waals surface area contributed by atoms with E-state index in [9.17, 15) is 18.0 Å². The maximum atomic E-state index is 13.5. The largest absolute Gasteiger partial charge is 0.354 e. The molecule has 1 atom stereocenters. The summed E-state index contributed by atoms with van der Waals surface area (Å²) in [5.41, 5.74) is 1.46. The van der Waals surface area contributed by atoms with Gasteiger partial charge in [0.1, 0.15) is 12.6 Å². The summed E-state index contributed by atoms with van der Waals surface area (Å²) in [6.07, 6.45) is 2.73. The number of nitrogens with one attached hydrogen (secondary N) is 1. The highest BCUT2D eigenvalue weighted by atomic mass is 35.5. The zero-order chi connectivity index (χ0) is 26.3. The zero-order valence-corrected chi connectivity index (χ0v) is 23.2. The third-order valence-electron chi connectivity index (χ3n) is 5.52. The molecule has 0 saturated carbocycles. The number of hydrogen-bond acceptors (Lipinski definition) is 4. The molecule has 0 unspecified atom stereocenters. The number of halogens is 3. The van der Waals surface area contributed by atoms with Crippen LogP contribution >= 0.6 is 34.8 Å². The van der Waals surface area contributed by atoms with Crippen molar-refractivity contribution >= 4 is 62.3 Å². The maximum absolute atomic E-state index is 13.5. The van der Waals surface area contributed by atoms with Gasteiger partial charge in [0.15, 0.2) is 0 Å². The second-order valence-electron chi connectivity index (χ2n) is 8.24. The standard InChI is InChI=1S/C24H30Cl3N3O4S/c1-5-6-12-28-24(32)17(3)29(14-18-10-11-20(26)21(27)13-18)23(31)15-30(35(4,33)34)22-9-7-8-19(25)16(22)2/h7-11,13,17H,5-6,12,14-15H2,1-4H3,(H,28,32)/t17-/m0/s1. The van der Waals surface area contributed by atoms with Crippen molar-refractivity contribution < 1.29 is 18.0 Å². The third kappa shape index (κ3) is 8.00. The number of carbonyl (C=O) groups excluding carboxylic acids is 2. The third-order valence-corrected chi connectivity index (χ3v) is 7.80. The predicted molar refractivity (Wildman–Crippen MR) is 143 cm³/mol. The molecular weight excluding hydrogens is 533 g/mol. The Kier molecular flexibility index (Phi) is 10.7. The van der Waals surface area contributed by atoms with E-state index in [1.165, 1.54) is 4.90 Å². The van der Waals surface area contributed by atoms with E-state index in [1.807, 2.05) is 6.92 Å². The van der Waals surface area contributed by atoms with Gasteiger partial charge in [-0.3, -0.25) is 13.9 Å². The Morgan fingerprint density at radius 2 is 1.74 bits per heavy atom. The van der Waals surface area contributed by atoms with Crippen LogP contribution in [0.3, 0.4) is 0 Å². The highest BCUT2D eigenvalue weighted by Crippen LogP contribution is 2.29. The zero-order valence-electron chi connectivity index (χ0n) is 20.1. The van der Waals surface area contributed by atoms with Crippen LogP contribution in [0, 0.1) is 6.92 Å². The van der Waals surface area contributed by atoms with Crippen LogP contribution in [0.2, 0.25) is 15.1 Å². The van der Waals surface area contributed by atoms with Crippen molar-refractivity contribution in [3.8, 4) is 0 Å². The summed E-state index contributed by atoms with van der Waals surface area (Å²) < 4.78 is 26.3.